The smallest absolute Gasteiger partial charge is 0.312 e. The van der Waals surface area contributed by atoms with E-state index in [9.17, 15) is 9.59 Å². The summed E-state index contributed by atoms with van der Waals surface area (Å²) in [6.07, 6.45) is 2.56. The first kappa shape index (κ1) is 15.5. The molecule has 0 aromatic heterocycles. The van der Waals surface area contributed by atoms with Gasteiger partial charge in [-0.05, 0) is 43.9 Å². The molecule has 23 heavy (non-hydrogen) atoms. The maximum atomic E-state index is 13.1. The Bertz CT molecular complexity index is 564. The minimum atomic E-state index is -0.475. The van der Waals surface area contributed by atoms with E-state index in [0.717, 1.165) is 19.3 Å². The van der Waals surface area contributed by atoms with Crippen LogP contribution in [0.15, 0.2) is 0 Å². The van der Waals surface area contributed by atoms with E-state index in [1.807, 2.05) is 6.92 Å². The lowest BCUT2D eigenvalue weighted by Gasteiger charge is -2.35. The molecule has 0 amide bonds. The zero-order valence-corrected chi connectivity index (χ0v) is 14.8. The van der Waals surface area contributed by atoms with E-state index >= 15 is 0 Å². The maximum Gasteiger partial charge on any atom is 0.312 e. The molecule has 0 aromatic rings. The molecular formula is C19H28O4. The molecule has 3 aliphatic carbocycles. The highest BCUT2D eigenvalue weighted by Gasteiger charge is 2.87. The first-order chi connectivity index (χ1) is 10.7. The van der Waals surface area contributed by atoms with Crippen molar-refractivity contribution in [2.75, 3.05) is 0 Å². The molecule has 1 saturated heterocycles. The zero-order chi connectivity index (χ0) is 16.7. The van der Waals surface area contributed by atoms with E-state index in [4.69, 9.17) is 9.47 Å². The fraction of sp³-hybridized carbons (Fsp3) is 0.895. The highest BCUT2D eigenvalue weighted by atomic mass is 16.6. The Kier molecular flexibility index (Phi) is 3.04. The Hall–Kier alpha value is -1.06. The van der Waals surface area contributed by atoms with Crippen molar-refractivity contribution in [1.82, 2.24) is 0 Å². The van der Waals surface area contributed by atoms with E-state index in [1.165, 1.54) is 0 Å². The molecule has 1 heterocycles. The topological polar surface area (TPSA) is 52.6 Å². The molecule has 7 atom stereocenters. The molecule has 4 aliphatic rings. The number of esters is 2. The molecule has 4 fully saturated rings. The molecule has 2 bridgehead atoms. The second-order valence-electron chi connectivity index (χ2n) is 9.24. The van der Waals surface area contributed by atoms with Gasteiger partial charge >= 0.3 is 11.9 Å². The monoisotopic (exact) mass is 320 g/mol. The molecule has 4 nitrogen and oxygen atoms in total. The Morgan fingerprint density at radius 1 is 1.35 bits per heavy atom. The van der Waals surface area contributed by atoms with E-state index in [-0.39, 0.29) is 35.8 Å². The molecule has 3 saturated carbocycles. The number of carbonyl (C=O) groups is 2. The second-order valence-corrected chi connectivity index (χ2v) is 9.24. The third kappa shape index (κ3) is 1.78. The lowest BCUT2D eigenvalue weighted by atomic mass is 9.73. The van der Waals surface area contributed by atoms with Crippen LogP contribution in [0.2, 0.25) is 0 Å². The van der Waals surface area contributed by atoms with Crippen LogP contribution >= 0.6 is 0 Å². The normalized spacial score (nSPS) is 45.2. The minimum Gasteiger partial charge on any atom is -0.457 e. The van der Waals surface area contributed by atoms with Gasteiger partial charge in [-0.1, -0.05) is 27.7 Å². The molecule has 128 valence electrons. The predicted octanol–water partition coefficient (Wildman–Crippen LogP) is 3.19. The number of fused-ring (bicyclic) bond motifs is 3. The Balaban J connectivity index is 1.57. The first-order valence-corrected chi connectivity index (χ1v) is 9.15. The number of carbonyl (C=O) groups excluding carboxylic acids is 2. The van der Waals surface area contributed by atoms with E-state index in [1.54, 1.807) is 0 Å². The molecule has 4 heteroatoms. The van der Waals surface area contributed by atoms with E-state index in [2.05, 4.69) is 27.7 Å². The Morgan fingerprint density at radius 2 is 2.04 bits per heavy atom. The summed E-state index contributed by atoms with van der Waals surface area (Å²) in [5.41, 5.74) is -0.947. The van der Waals surface area contributed by atoms with Crippen molar-refractivity contribution in [1.29, 1.82) is 0 Å². The van der Waals surface area contributed by atoms with Crippen LogP contribution in [0, 0.1) is 40.9 Å². The van der Waals surface area contributed by atoms with Gasteiger partial charge in [0.15, 0.2) is 5.60 Å². The molecule has 4 rings (SSSR count). The molecular weight excluding hydrogens is 292 g/mol. The third-order valence-electron chi connectivity index (χ3n) is 7.28. The summed E-state index contributed by atoms with van der Waals surface area (Å²) in [5, 5.41) is 0. The van der Waals surface area contributed by atoms with Crippen LogP contribution in [0.25, 0.3) is 0 Å². The van der Waals surface area contributed by atoms with Crippen LogP contribution in [-0.4, -0.2) is 23.6 Å². The second kappa shape index (κ2) is 4.52. The van der Waals surface area contributed by atoms with Gasteiger partial charge in [-0.3, -0.25) is 9.59 Å². The third-order valence-corrected chi connectivity index (χ3v) is 7.28. The van der Waals surface area contributed by atoms with Gasteiger partial charge in [0.2, 0.25) is 0 Å². The number of hydrogen-bond acceptors (Lipinski definition) is 4. The number of ether oxygens (including phenoxy) is 2. The van der Waals surface area contributed by atoms with Gasteiger partial charge in [-0.15, -0.1) is 0 Å². The summed E-state index contributed by atoms with van der Waals surface area (Å²) in [6, 6.07) is 0. The quantitative estimate of drug-likeness (QED) is 0.730. The van der Waals surface area contributed by atoms with Crippen molar-refractivity contribution in [2.45, 2.75) is 65.6 Å². The zero-order valence-electron chi connectivity index (χ0n) is 14.8. The summed E-state index contributed by atoms with van der Waals surface area (Å²) < 4.78 is 11.8. The highest BCUT2D eigenvalue weighted by molar-refractivity contribution is 5.80. The van der Waals surface area contributed by atoms with Crippen LogP contribution in [0.1, 0.15) is 53.9 Å². The largest absolute Gasteiger partial charge is 0.457 e. The van der Waals surface area contributed by atoms with Crippen molar-refractivity contribution in [3.63, 3.8) is 0 Å². The van der Waals surface area contributed by atoms with Gasteiger partial charge < -0.3 is 9.47 Å². The van der Waals surface area contributed by atoms with Gasteiger partial charge in [0.25, 0.3) is 0 Å². The van der Waals surface area contributed by atoms with Crippen LogP contribution in [0.4, 0.5) is 0 Å². The summed E-state index contributed by atoms with van der Waals surface area (Å²) in [7, 11) is 0. The number of hydrogen-bond donors (Lipinski definition) is 0. The molecule has 0 aromatic carbocycles. The fourth-order valence-electron chi connectivity index (χ4n) is 5.82. The van der Waals surface area contributed by atoms with Crippen LogP contribution in [-0.2, 0) is 19.1 Å². The van der Waals surface area contributed by atoms with Crippen LogP contribution < -0.4 is 0 Å². The average Bonchev–Trinajstić information content (AvgIpc) is 2.80. The van der Waals surface area contributed by atoms with Crippen LogP contribution in [0.5, 0.6) is 0 Å². The van der Waals surface area contributed by atoms with Crippen molar-refractivity contribution >= 4 is 11.9 Å². The molecule has 0 radical (unpaired) electrons. The molecule has 0 spiro atoms. The summed E-state index contributed by atoms with van der Waals surface area (Å²) in [4.78, 5) is 25.1. The Morgan fingerprint density at radius 3 is 2.65 bits per heavy atom. The standard InChI is InChI=1S/C19H28O4/c1-9(2)8-18(5,10(3)4)17(21)23-19-11-6-12-13(7-11)16(20)22-15(19)14(12)19/h9-15H,6-8H2,1-5H3. The summed E-state index contributed by atoms with van der Waals surface area (Å²) >= 11 is 0. The SMILES string of the molecule is CC(C)CC(C)(C(=O)OC12C3CC4C(=O)OC1C2C4C3)C(C)C. The number of rotatable bonds is 5. The van der Waals surface area contributed by atoms with Crippen molar-refractivity contribution < 1.29 is 19.1 Å². The maximum absolute atomic E-state index is 13.1. The summed E-state index contributed by atoms with van der Waals surface area (Å²) in [6.45, 7) is 10.5. The van der Waals surface area contributed by atoms with E-state index in [0.29, 0.717) is 17.8 Å². The first-order valence-electron chi connectivity index (χ1n) is 9.15. The predicted molar refractivity (Wildman–Crippen MR) is 84.3 cm³/mol. The lowest BCUT2D eigenvalue weighted by molar-refractivity contribution is -0.174. The van der Waals surface area contributed by atoms with Gasteiger partial charge in [-0.2, -0.15) is 0 Å². The van der Waals surface area contributed by atoms with Gasteiger partial charge in [0, 0.05) is 11.8 Å². The molecule has 1 aliphatic heterocycles. The fourth-order valence-corrected chi connectivity index (χ4v) is 5.82. The molecule has 0 N–H and O–H groups in total. The van der Waals surface area contributed by atoms with Gasteiger partial charge in [-0.25, -0.2) is 0 Å². The van der Waals surface area contributed by atoms with Crippen molar-refractivity contribution in [3.05, 3.63) is 0 Å². The van der Waals surface area contributed by atoms with Crippen LogP contribution in [0.3, 0.4) is 0 Å². The van der Waals surface area contributed by atoms with Crippen molar-refractivity contribution in [2.24, 2.45) is 40.9 Å². The Labute approximate surface area is 138 Å². The van der Waals surface area contributed by atoms with E-state index < -0.39 is 11.0 Å². The lowest BCUT2D eigenvalue weighted by Crippen LogP contribution is -2.42. The summed E-state index contributed by atoms with van der Waals surface area (Å²) in [5.74, 6) is 1.61. The average molecular weight is 320 g/mol. The van der Waals surface area contributed by atoms with Crippen molar-refractivity contribution in [3.8, 4) is 0 Å². The van der Waals surface area contributed by atoms with Gasteiger partial charge in [0.05, 0.1) is 11.3 Å². The highest BCUT2D eigenvalue weighted by Crippen LogP contribution is 2.75. The van der Waals surface area contributed by atoms with Gasteiger partial charge in [0.1, 0.15) is 6.10 Å². The molecule has 7 unspecified atom stereocenters. The minimum absolute atomic E-state index is 0.0528.